The van der Waals surface area contributed by atoms with Crippen LogP contribution in [0.15, 0.2) is 102 Å². The largest absolute Gasteiger partial charge is 0.508 e. The van der Waals surface area contributed by atoms with Crippen LogP contribution in [0.3, 0.4) is 0 Å². The summed E-state index contributed by atoms with van der Waals surface area (Å²) in [6.07, 6.45) is 12.0. The standard InChI is InChI=1S/C50H61ClN5O9P/c1-30-34-25-26-35(43(58)38(34)44(59)39-37(30)45(60)41-42(55(2)3)46(61)40(49(52)64)48(63)50(41,65)47(39)62)54-36(57)24-18-10-8-6-5-7-9-11-19-27-66(51,31-20-14-12-15-21-31,32-22-16-13-17-23-32)33-28-53-56(4)29-33/h12-17,20-23,25-26,28-30,37,41-42,45,58-60,63,65H,5-11,18-19,24,27H2,1-4H3,(H2,52,64)(H,54,57)/t30-,37+,41+,42-,45-,50-/m0/s1. The number of fused-ring (bicyclic) bond motifs is 3. The van der Waals surface area contributed by atoms with E-state index < -0.39 is 87.3 Å². The number of unbranched alkanes of at least 4 members (excludes halogenated alkanes) is 8. The van der Waals surface area contributed by atoms with Crippen LogP contribution in [0.4, 0.5) is 5.69 Å². The van der Waals surface area contributed by atoms with Gasteiger partial charge in [-0.25, -0.2) is 0 Å². The van der Waals surface area contributed by atoms with Gasteiger partial charge < -0.3 is 36.6 Å². The molecule has 0 radical (unpaired) electrons. The number of hydrogen-bond acceptors (Lipinski definition) is 11. The van der Waals surface area contributed by atoms with Crippen molar-refractivity contribution in [3.05, 3.63) is 113 Å². The van der Waals surface area contributed by atoms with E-state index in [4.69, 9.17) is 17.0 Å². The van der Waals surface area contributed by atoms with Gasteiger partial charge in [0, 0.05) is 11.5 Å². The van der Waals surface area contributed by atoms with Crippen molar-refractivity contribution in [2.75, 3.05) is 25.6 Å². The molecule has 16 heteroatoms. The first-order valence-electron chi connectivity index (χ1n) is 22.7. The molecule has 3 aliphatic carbocycles. The first-order chi connectivity index (χ1) is 31.4. The number of halogens is 1. The van der Waals surface area contributed by atoms with Crippen molar-refractivity contribution in [3.8, 4) is 5.75 Å². The topological polar surface area (TPSA) is 229 Å². The Bertz CT molecular complexity index is 2540. The Morgan fingerprint density at radius 1 is 0.864 bits per heavy atom. The summed E-state index contributed by atoms with van der Waals surface area (Å²) in [4.78, 5) is 54.4. The van der Waals surface area contributed by atoms with Crippen molar-refractivity contribution in [1.82, 2.24) is 14.7 Å². The van der Waals surface area contributed by atoms with Gasteiger partial charge in [-0.15, -0.1) is 0 Å². The number of primary amides is 1. The third-order valence-corrected chi connectivity index (χ3v) is 21.7. The molecule has 0 saturated heterocycles. The number of phenolic OH excluding ortho intramolecular Hbond substituents is 1. The number of phenols is 1. The van der Waals surface area contributed by atoms with Crippen LogP contribution in [0.2, 0.25) is 0 Å². The van der Waals surface area contributed by atoms with E-state index in [1.54, 1.807) is 13.0 Å². The summed E-state index contributed by atoms with van der Waals surface area (Å²) in [6, 6.07) is 22.5. The summed E-state index contributed by atoms with van der Waals surface area (Å²) in [7, 11) is 4.83. The first kappa shape index (κ1) is 48.6. The Labute approximate surface area is 389 Å². The van der Waals surface area contributed by atoms with E-state index in [-0.39, 0.29) is 23.6 Å². The van der Waals surface area contributed by atoms with Crippen LogP contribution in [0.5, 0.6) is 5.75 Å². The van der Waals surface area contributed by atoms with E-state index >= 15 is 0 Å². The van der Waals surface area contributed by atoms with Gasteiger partial charge in [-0.3, -0.25) is 24.1 Å². The molecule has 352 valence electrons. The second-order valence-electron chi connectivity index (χ2n) is 18.4. The number of amides is 2. The van der Waals surface area contributed by atoms with E-state index in [2.05, 4.69) is 65.1 Å². The number of Topliss-reactive ketones (excluding diaryl/α,β-unsaturated/α-hetero) is 2. The van der Waals surface area contributed by atoms with Crippen LogP contribution >= 0.6 is 17.2 Å². The second kappa shape index (κ2) is 19.1. The number of nitrogens with one attached hydrogen (secondary N) is 1. The number of carbonyl (C=O) groups is 4. The molecule has 2 amide bonds. The maximum Gasteiger partial charge on any atom is 0.255 e. The molecule has 7 rings (SSSR count). The fourth-order valence-electron chi connectivity index (χ4n) is 10.8. The van der Waals surface area contributed by atoms with Gasteiger partial charge in [-0.05, 0) is 31.6 Å². The van der Waals surface area contributed by atoms with Crippen LogP contribution in [0, 0.1) is 11.8 Å². The monoisotopic (exact) mass is 941 g/mol. The number of rotatable bonds is 18. The molecule has 1 saturated carbocycles. The number of carbonyl (C=O) groups excluding carboxylic acids is 4. The molecule has 0 aliphatic heterocycles. The minimum absolute atomic E-state index is 0.0144. The fourth-order valence-corrected chi connectivity index (χ4v) is 16.9. The van der Waals surface area contributed by atoms with E-state index in [0.29, 0.717) is 12.0 Å². The molecule has 4 aromatic rings. The van der Waals surface area contributed by atoms with Crippen LogP contribution in [-0.2, 0) is 26.2 Å². The first-order valence-corrected chi connectivity index (χ1v) is 26.0. The minimum Gasteiger partial charge on any atom is -0.508 e. The van der Waals surface area contributed by atoms with Gasteiger partial charge >= 0.3 is 199 Å². The van der Waals surface area contributed by atoms with Gasteiger partial charge in [0.15, 0.2) is 11.4 Å². The second-order valence-corrected chi connectivity index (χ2v) is 25.0. The molecule has 6 atom stereocenters. The van der Waals surface area contributed by atoms with E-state index in [0.717, 1.165) is 73.4 Å². The quantitative estimate of drug-likeness (QED) is 0.0275. The van der Waals surface area contributed by atoms with Crippen LogP contribution in [0.25, 0.3) is 5.76 Å². The van der Waals surface area contributed by atoms with Crippen molar-refractivity contribution in [1.29, 1.82) is 0 Å². The zero-order valence-corrected chi connectivity index (χ0v) is 39.5. The number of aliphatic hydroxyl groups excluding tert-OH is 3. The number of anilines is 1. The maximum absolute atomic E-state index is 14.3. The molecule has 14 nitrogen and oxygen atoms in total. The van der Waals surface area contributed by atoms with Gasteiger partial charge in [-0.1, -0.05) is 13.0 Å². The zero-order chi connectivity index (χ0) is 47.7. The minimum atomic E-state index is -3.32. The summed E-state index contributed by atoms with van der Waals surface area (Å²) >= 11 is 8.17. The Kier molecular flexibility index (Phi) is 14.0. The SMILES string of the molecule is C[C@H]1c2ccc(NC(=O)CCCCCCCCCCCP(Cl)(c3ccccc3)(c3ccccc3)c3cnn(C)c3)c(O)c2C(O)=C2C(=O)[C@]3(O)C(O)=C(C(N)=O)C(=O)[C@@H](N(C)C)[C@@H]3[C@@H](O)[C@@H]21. The molecule has 3 aliphatic rings. The fraction of sp³-hybridized carbons (Fsp3) is 0.420. The normalized spacial score (nSPS) is 23.5. The number of aliphatic hydroxyl groups is 4. The number of aromatic hydroxyl groups is 1. The molecule has 1 aromatic heterocycles. The molecule has 66 heavy (non-hydrogen) atoms. The Balaban J connectivity index is 0.925. The van der Waals surface area contributed by atoms with Crippen molar-refractivity contribution < 1.29 is 44.7 Å². The zero-order valence-electron chi connectivity index (χ0n) is 37.9. The van der Waals surface area contributed by atoms with Gasteiger partial charge in [0.05, 0.1) is 29.3 Å². The molecule has 0 spiro atoms. The summed E-state index contributed by atoms with van der Waals surface area (Å²) in [5.41, 5.74) is 1.06. The predicted molar refractivity (Wildman–Crippen MR) is 258 cm³/mol. The van der Waals surface area contributed by atoms with Crippen molar-refractivity contribution >= 4 is 67.9 Å². The van der Waals surface area contributed by atoms with Crippen molar-refractivity contribution in [3.63, 3.8) is 0 Å². The van der Waals surface area contributed by atoms with E-state index in [1.807, 2.05) is 30.1 Å². The smallest absolute Gasteiger partial charge is 0.255 e. The van der Waals surface area contributed by atoms with Crippen LogP contribution < -0.4 is 27.0 Å². The Hall–Kier alpha value is -5.37. The number of ketones is 2. The number of aromatic nitrogens is 2. The summed E-state index contributed by atoms with van der Waals surface area (Å²) < 4.78 is 1.83. The molecule has 0 bridgehead atoms. The van der Waals surface area contributed by atoms with Crippen LogP contribution in [0.1, 0.15) is 88.2 Å². The molecular formula is C50H61ClN5O9P. The number of likely N-dealkylation sites (N-methyl/N-ethyl adjacent to an activating group) is 1. The average Bonchev–Trinajstić information content (AvgIpc) is 3.75. The van der Waals surface area contributed by atoms with Crippen molar-refractivity contribution in [2.24, 2.45) is 24.6 Å². The van der Waals surface area contributed by atoms with Crippen LogP contribution in [-0.4, -0.2) is 102 Å². The van der Waals surface area contributed by atoms with Gasteiger partial charge in [0.1, 0.15) is 22.8 Å². The van der Waals surface area contributed by atoms with Gasteiger partial charge in [0.25, 0.3) is 5.91 Å². The third kappa shape index (κ3) is 8.14. The summed E-state index contributed by atoms with van der Waals surface area (Å²) in [6.45, 7) is 1.65. The van der Waals surface area contributed by atoms with Gasteiger partial charge in [-0.2, -0.15) is 0 Å². The van der Waals surface area contributed by atoms with Gasteiger partial charge in [0.2, 0.25) is 5.78 Å². The molecular weight excluding hydrogens is 881 g/mol. The predicted octanol–water partition coefficient (Wildman–Crippen LogP) is 5.75. The molecule has 1 fully saturated rings. The molecule has 1 heterocycles. The average molecular weight is 942 g/mol. The molecule has 8 N–H and O–H groups in total. The molecule has 3 aromatic carbocycles. The molecule has 0 unspecified atom stereocenters. The number of aryl methyl sites for hydroxylation is 1. The maximum atomic E-state index is 14.3. The summed E-state index contributed by atoms with van der Waals surface area (Å²) in [5.74, 6) is -13.5. The number of hydrogen-bond donors (Lipinski definition) is 7. The Morgan fingerprint density at radius 2 is 1.42 bits per heavy atom. The Morgan fingerprint density at radius 3 is 1.95 bits per heavy atom. The number of nitrogens with two attached hydrogens (primary N) is 1. The summed E-state index contributed by atoms with van der Waals surface area (Å²) in [5, 5.41) is 68.6. The van der Waals surface area contributed by atoms with E-state index in [9.17, 15) is 44.7 Å². The number of benzene rings is 3. The third-order valence-electron chi connectivity index (χ3n) is 14.2. The van der Waals surface area contributed by atoms with Crippen molar-refractivity contribution in [2.45, 2.75) is 94.8 Å². The van der Waals surface area contributed by atoms with E-state index in [1.165, 1.54) is 25.1 Å². The number of nitrogens with zero attached hydrogens (tertiary/aromatic N) is 3.